The van der Waals surface area contributed by atoms with Gasteiger partial charge in [-0.1, -0.05) is 24.3 Å². The molecule has 3 N–H and O–H groups in total. The first kappa shape index (κ1) is 16.8. The van der Waals surface area contributed by atoms with Crippen LogP contribution in [0.1, 0.15) is 29.7 Å². The second-order valence-corrected chi connectivity index (χ2v) is 7.01. The molecule has 1 saturated heterocycles. The van der Waals surface area contributed by atoms with Gasteiger partial charge >= 0.3 is 0 Å². The number of benzene rings is 1. The summed E-state index contributed by atoms with van der Waals surface area (Å²) in [6.45, 7) is 1.83. The summed E-state index contributed by atoms with van der Waals surface area (Å²) in [5.74, 6) is 0.699. The van der Waals surface area contributed by atoms with Crippen LogP contribution in [0.4, 0.5) is 0 Å². The number of quaternary nitrogens is 1. The predicted molar refractivity (Wildman–Crippen MR) is 94.9 cm³/mol. The van der Waals surface area contributed by atoms with Crippen molar-refractivity contribution < 1.29 is 19.3 Å². The Morgan fingerprint density at radius 2 is 2.04 bits per heavy atom. The number of amides is 2. The van der Waals surface area contributed by atoms with E-state index in [0.717, 1.165) is 25.8 Å². The highest BCUT2D eigenvalue weighted by Gasteiger charge is 2.39. The summed E-state index contributed by atoms with van der Waals surface area (Å²) in [5.41, 5.74) is 2.54. The Morgan fingerprint density at radius 3 is 2.85 bits per heavy atom. The van der Waals surface area contributed by atoms with Gasteiger partial charge in [-0.3, -0.25) is 9.59 Å². The number of hydrogen-bond donors (Lipinski definition) is 2. The standard InChI is InChI=1S/C20H23N3O3/c24-19(22-13-16-7-4-10-26-16)18-8-3-9-23(18)20(25)17-11-14-5-1-2-6-15(14)12-21-17/h1-2,4-7,10,17-18,21H,3,8-9,11-13H2,(H,22,24)/p+1/t17-,18-/m0/s1. The van der Waals surface area contributed by atoms with Crippen LogP contribution in [-0.2, 0) is 29.1 Å². The van der Waals surface area contributed by atoms with E-state index in [9.17, 15) is 9.59 Å². The Hall–Kier alpha value is -2.60. The van der Waals surface area contributed by atoms with Crippen LogP contribution in [0.3, 0.4) is 0 Å². The van der Waals surface area contributed by atoms with E-state index in [1.54, 1.807) is 17.2 Å². The van der Waals surface area contributed by atoms with Crippen LogP contribution in [0, 0.1) is 0 Å². The van der Waals surface area contributed by atoms with Gasteiger partial charge < -0.3 is 20.0 Å². The van der Waals surface area contributed by atoms with Crippen LogP contribution >= 0.6 is 0 Å². The van der Waals surface area contributed by atoms with Crippen LogP contribution in [0.2, 0.25) is 0 Å². The van der Waals surface area contributed by atoms with Crippen LogP contribution in [0.25, 0.3) is 0 Å². The van der Waals surface area contributed by atoms with Gasteiger partial charge in [0.1, 0.15) is 18.3 Å². The van der Waals surface area contributed by atoms with E-state index in [2.05, 4.69) is 22.8 Å². The third kappa shape index (κ3) is 3.37. The van der Waals surface area contributed by atoms with Gasteiger partial charge in [-0.15, -0.1) is 0 Å². The van der Waals surface area contributed by atoms with E-state index in [4.69, 9.17) is 4.42 Å². The number of furan rings is 1. The molecule has 1 aromatic heterocycles. The van der Waals surface area contributed by atoms with E-state index in [0.29, 0.717) is 18.8 Å². The molecule has 2 aliphatic rings. The summed E-state index contributed by atoms with van der Waals surface area (Å²) in [7, 11) is 0. The molecule has 26 heavy (non-hydrogen) atoms. The highest BCUT2D eigenvalue weighted by molar-refractivity contribution is 5.90. The third-order valence-corrected chi connectivity index (χ3v) is 5.35. The number of nitrogens with two attached hydrogens (primary N) is 1. The number of fused-ring (bicyclic) bond motifs is 1. The SMILES string of the molecule is O=C(NCc1ccco1)[C@@H]1CCCN1C(=O)[C@@H]1Cc2ccccc2C[NH2+]1. The lowest BCUT2D eigenvalue weighted by Gasteiger charge is -2.29. The molecule has 136 valence electrons. The highest BCUT2D eigenvalue weighted by atomic mass is 16.3. The molecule has 2 amide bonds. The summed E-state index contributed by atoms with van der Waals surface area (Å²) < 4.78 is 5.25. The lowest BCUT2D eigenvalue weighted by Crippen LogP contribution is -2.93. The molecule has 3 heterocycles. The van der Waals surface area contributed by atoms with Crippen molar-refractivity contribution in [3.63, 3.8) is 0 Å². The Balaban J connectivity index is 1.40. The summed E-state index contributed by atoms with van der Waals surface area (Å²) in [6.07, 6.45) is 3.91. The van der Waals surface area contributed by atoms with Gasteiger partial charge in [0, 0.05) is 18.5 Å². The van der Waals surface area contributed by atoms with E-state index >= 15 is 0 Å². The number of likely N-dealkylation sites (tertiary alicyclic amines) is 1. The lowest BCUT2D eigenvalue weighted by atomic mass is 9.95. The molecular weight excluding hydrogens is 330 g/mol. The molecule has 0 spiro atoms. The molecule has 2 atom stereocenters. The molecule has 0 unspecified atom stereocenters. The Bertz CT molecular complexity index is 787. The molecule has 0 bridgehead atoms. The van der Waals surface area contributed by atoms with Crippen LogP contribution in [-0.4, -0.2) is 35.3 Å². The average Bonchev–Trinajstić information content (AvgIpc) is 3.37. The van der Waals surface area contributed by atoms with Crippen molar-refractivity contribution in [3.05, 3.63) is 59.5 Å². The van der Waals surface area contributed by atoms with Gasteiger partial charge in [-0.2, -0.15) is 0 Å². The highest BCUT2D eigenvalue weighted by Crippen LogP contribution is 2.21. The van der Waals surface area contributed by atoms with Gasteiger partial charge in [0.2, 0.25) is 5.91 Å². The number of hydrogen-bond acceptors (Lipinski definition) is 3. The quantitative estimate of drug-likeness (QED) is 0.843. The first-order valence-corrected chi connectivity index (χ1v) is 9.23. The zero-order valence-corrected chi connectivity index (χ0v) is 14.7. The maximum atomic E-state index is 13.1. The van der Waals surface area contributed by atoms with Gasteiger partial charge in [-0.05, 0) is 30.5 Å². The molecule has 6 heteroatoms. The number of nitrogens with zero attached hydrogens (tertiary/aromatic N) is 1. The molecule has 2 aliphatic heterocycles. The normalized spacial score (nSPS) is 22.1. The van der Waals surface area contributed by atoms with E-state index in [1.807, 2.05) is 18.2 Å². The van der Waals surface area contributed by atoms with Gasteiger partial charge in [0.25, 0.3) is 5.91 Å². The van der Waals surface area contributed by atoms with Gasteiger partial charge in [0.05, 0.1) is 12.8 Å². The molecule has 1 aromatic carbocycles. The van der Waals surface area contributed by atoms with Gasteiger partial charge in [-0.25, -0.2) is 0 Å². The Kier molecular flexibility index (Phi) is 4.75. The van der Waals surface area contributed by atoms with E-state index in [1.165, 1.54) is 11.1 Å². The van der Waals surface area contributed by atoms with Crippen molar-refractivity contribution in [1.82, 2.24) is 10.2 Å². The second-order valence-electron chi connectivity index (χ2n) is 7.01. The minimum Gasteiger partial charge on any atom is -0.467 e. The average molecular weight is 354 g/mol. The molecule has 4 rings (SSSR count). The van der Waals surface area contributed by atoms with Crippen LogP contribution in [0.15, 0.2) is 47.1 Å². The largest absolute Gasteiger partial charge is 0.467 e. The fourth-order valence-electron chi connectivity index (χ4n) is 3.95. The third-order valence-electron chi connectivity index (χ3n) is 5.35. The minimum atomic E-state index is -0.372. The van der Waals surface area contributed by atoms with E-state index < -0.39 is 0 Å². The number of rotatable bonds is 4. The molecule has 1 fully saturated rings. The van der Waals surface area contributed by atoms with Crippen LogP contribution < -0.4 is 10.6 Å². The molecule has 0 radical (unpaired) electrons. The molecular formula is C20H24N3O3+. The maximum absolute atomic E-state index is 13.1. The van der Waals surface area contributed by atoms with Crippen molar-refractivity contribution in [2.75, 3.05) is 6.54 Å². The lowest BCUT2D eigenvalue weighted by molar-refractivity contribution is -0.695. The van der Waals surface area contributed by atoms with Gasteiger partial charge in [0.15, 0.2) is 6.04 Å². The smallest absolute Gasteiger partial charge is 0.281 e. The monoisotopic (exact) mass is 354 g/mol. The fourth-order valence-corrected chi connectivity index (χ4v) is 3.95. The topological polar surface area (TPSA) is 79.2 Å². The first-order chi connectivity index (χ1) is 12.7. The zero-order chi connectivity index (χ0) is 17.9. The van der Waals surface area contributed by atoms with E-state index in [-0.39, 0.29) is 23.9 Å². The first-order valence-electron chi connectivity index (χ1n) is 9.23. The summed E-state index contributed by atoms with van der Waals surface area (Å²) in [5, 5.41) is 4.99. The minimum absolute atomic E-state index is 0.0788. The summed E-state index contributed by atoms with van der Waals surface area (Å²) in [4.78, 5) is 27.4. The van der Waals surface area contributed by atoms with Crippen molar-refractivity contribution in [2.45, 2.75) is 44.4 Å². The Labute approximate surface area is 152 Å². The maximum Gasteiger partial charge on any atom is 0.281 e. The zero-order valence-electron chi connectivity index (χ0n) is 14.7. The molecule has 0 saturated carbocycles. The number of carbonyl (C=O) groups is 2. The second kappa shape index (κ2) is 7.33. The van der Waals surface area contributed by atoms with Crippen molar-refractivity contribution in [3.8, 4) is 0 Å². The van der Waals surface area contributed by atoms with Crippen molar-refractivity contribution in [1.29, 1.82) is 0 Å². The molecule has 6 nitrogen and oxygen atoms in total. The van der Waals surface area contributed by atoms with Crippen molar-refractivity contribution >= 4 is 11.8 Å². The predicted octanol–water partition coefficient (Wildman–Crippen LogP) is 0.575. The fraction of sp³-hybridized carbons (Fsp3) is 0.400. The summed E-state index contributed by atoms with van der Waals surface area (Å²) in [6, 6.07) is 11.4. The number of carbonyl (C=O) groups excluding carboxylic acids is 2. The van der Waals surface area contributed by atoms with Crippen molar-refractivity contribution in [2.24, 2.45) is 0 Å². The Morgan fingerprint density at radius 1 is 1.19 bits per heavy atom. The van der Waals surface area contributed by atoms with Crippen LogP contribution in [0.5, 0.6) is 0 Å². The molecule has 2 aromatic rings. The number of nitrogens with one attached hydrogen (secondary N) is 1. The molecule has 0 aliphatic carbocycles. The summed E-state index contributed by atoms with van der Waals surface area (Å²) >= 11 is 0.